The van der Waals surface area contributed by atoms with Crippen molar-refractivity contribution in [2.24, 2.45) is 0 Å². The molecule has 0 spiro atoms. The molecule has 0 aliphatic rings. The Kier molecular flexibility index (Phi) is 3.79. The van der Waals surface area contributed by atoms with Gasteiger partial charge in [0.05, 0.1) is 18.2 Å². The van der Waals surface area contributed by atoms with Gasteiger partial charge in [0, 0.05) is 0 Å². The number of esters is 1. The molecule has 0 radical (unpaired) electrons. The van der Waals surface area contributed by atoms with Crippen LogP contribution in [-0.2, 0) is 4.74 Å². The Morgan fingerprint density at radius 1 is 1.20 bits per heavy atom. The van der Waals surface area contributed by atoms with Crippen LogP contribution in [0.3, 0.4) is 0 Å². The molecule has 0 saturated carbocycles. The molecule has 2 rings (SSSR count). The van der Waals surface area contributed by atoms with Crippen molar-refractivity contribution in [3.05, 3.63) is 53.3 Å². The second kappa shape index (κ2) is 5.52. The van der Waals surface area contributed by atoms with E-state index in [-0.39, 0.29) is 16.9 Å². The highest BCUT2D eigenvalue weighted by Crippen LogP contribution is 2.27. The molecule has 2 aromatic carbocycles. The number of carbonyl (C=O) groups is 2. The van der Waals surface area contributed by atoms with Gasteiger partial charge in [-0.3, -0.25) is 4.79 Å². The van der Waals surface area contributed by atoms with Crippen molar-refractivity contribution in [2.45, 2.75) is 0 Å². The van der Waals surface area contributed by atoms with Crippen LogP contribution in [0.5, 0.6) is 5.75 Å². The Morgan fingerprint density at radius 2 is 1.85 bits per heavy atom. The van der Waals surface area contributed by atoms with Crippen LogP contribution in [-0.4, -0.2) is 24.5 Å². The quantitative estimate of drug-likeness (QED) is 0.690. The minimum Gasteiger partial charge on any atom is -0.507 e. The largest absolute Gasteiger partial charge is 0.507 e. The molecule has 0 amide bonds. The van der Waals surface area contributed by atoms with Crippen molar-refractivity contribution < 1.29 is 23.8 Å². The second-order valence-electron chi connectivity index (χ2n) is 4.08. The number of hydrogen-bond acceptors (Lipinski definition) is 4. The van der Waals surface area contributed by atoms with Crippen LogP contribution in [0.1, 0.15) is 20.7 Å². The lowest BCUT2D eigenvalue weighted by atomic mass is 10.0. The van der Waals surface area contributed by atoms with E-state index in [1.165, 1.54) is 31.4 Å². The average Bonchev–Trinajstić information content (AvgIpc) is 2.47. The molecule has 0 aromatic heterocycles. The molecule has 20 heavy (non-hydrogen) atoms. The lowest BCUT2D eigenvalue weighted by Gasteiger charge is -2.07. The minimum atomic E-state index is -0.780. The van der Waals surface area contributed by atoms with E-state index in [0.717, 1.165) is 6.07 Å². The van der Waals surface area contributed by atoms with Crippen molar-refractivity contribution in [3.8, 4) is 16.9 Å². The van der Waals surface area contributed by atoms with Gasteiger partial charge in [0.1, 0.15) is 11.6 Å². The van der Waals surface area contributed by atoms with Crippen LogP contribution < -0.4 is 0 Å². The molecule has 5 heteroatoms. The first kappa shape index (κ1) is 13.7. The van der Waals surface area contributed by atoms with Crippen molar-refractivity contribution in [1.29, 1.82) is 0 Å². The molecule has 1 N–H and O–H groups in total. The Bertz CT molecular complexity index is 680. The van der Waals surface area contributed by atoms with Crippen LogP contribution in [0, 0.1) is 5.82 Å². The maximum absolute atomic E-state index is 13.5. The molecular formula is C15H11FO4. The van der Waals surface area contributed by atoms with Crippen LogP contribution >= 0.6 is 0 Å². The second-order valence-corrected chi connectivity index (χ2v) is 4.08. The third kappa shape index (κ3) is 2.51. The number of aldehydes is 1. The normalized spacial score (nSPS) is 10.1. The zero-order chi connectivity index (χ0) is 14.7. The van der Waals surface area contributed by atoms with Crippen molar-refractivity contribution in [3.63, 3.8) is 0 Å². The SMILES string of the molecule is COC(=O)c1cc(-c2ccc(C=O)c(O)c2)ccc1F. The fraction of sp³-hybridized carbons (Fsp3) is 0.0667. The van der Waals surface area contributed by atoms with Gasteiger partial charge in [-0.25, -0.2) is 9.18 Å². The van der Waals surface area contributed by atoms with E-state index in [9.17, 15) is 19.1 Å². The van der Waals surface area contributed by atoms with Gasteiger partial charge in [0.15, 0.2) is 6.29 Å². The smallest absolute Gasteiger partial charge is 0.340 e. The molecule has 0 unspecified atom stereocenters. The van der Waals surface area contributed by atoms with E-state index in [4.69, 9.17) is 0 Å². The summed E-state index contributed by atoms with van der Waals surface area (Å²) >= 11 is 0. The summed E-state index contributed by atoms with van der Waals surface area (Å²) in [5, 5.41) is 9.63. The summed E-state index contributed by atoms with van der Waals surface area (Å²) in [6.07, 6.45) is 0.531. The highest BCUT2D eigenvalue weighted by atomic mass is 19.1. The van der Waals surface area contributed by atoms with Crippen LogP contribution in [0.15, 0.2) is 36.4 Å². The first-order valence-electron chi connectivity index (χ1n) is 5.73. The van der Waals surface area contributed by atoms with Crippen molar-refractivity contribution in [1.82, 2.24) is 0 Å². The summed E-state index contributed by atoms with van der Waals surface area (Å²) in [5.41, 5.74) is 1.05. The Balaban J connectivity index is 2.50. The standard InChI is InChI=1S/C15H11FO4/c1-20-15(19)12-6-9(4-5-13(12)16)10-2-3-11(8-17)14(18)7-10/h2-8,18H,1H3. The van der Waals surface area contributed by atoms with E-state index in [1.807, 2.05) is 0 Å². The number of ether oxygens (including phenoxy) is 1. The number of methoxy groups -OCH3 is 1. The number of phenolic OH excluding ortho intramolecular Hbond substituents is 1. The number of rotatable bonds is 3. The number of hydrogen-bond donors (Lipinski definition) is 1. The zero-order valence-electron chi connectivity index (χ0n) is 10.6. The van der Waals surface area contributed by atoms with Crippen LogP contribution in [0.4, 0.5) is 4.39 Å². The first-order chi connectivity index (χ1) is 9.56. The Morgan fingerprint density at radius 3 is 2.45 bits per heavy atom. The highest BCUT2D eigenvalue weighted by molar-refractivity contribution is 5.91. The van der Waals surface area contributed by atoms with Gasteiger partial charge in [0.2, 0.25) is 0 Å². The number of halogens is 1. The summed E-state index contributed by atoms with van der Waals surface area (Å²) in [7, 11) is 1.17. The zero-order valence-corrected chi connectivity index (χ0v) is 10.6. The van der Waals surface area contributed by atoms with Gasteiger partial charge >= 0.3 is 5.97 Å². The molecule has 0 fully saturated rings. The van der Waals surface area contributed by atoms with E-state index >= 15 is 0 Å². The summed E-state index contributed by atoms with van der Waals surface area (Å²) < 4.78 is 18.0. The molecular weight excluding hydrogens is 263 g/mol. The number of benzene rings is 2. The average molecular weight is 274 g/mol. The topological polar surface area (TPSA) is 63.6 Å². The van der Waals surface area contributed by atoms with Gasteiger partial charge in [-0.2, -0.15) is 0 Å². The van der Waals surface area contributed by atoms with Crippen molar-refractivity contribution in [2.75, 3.05) is 7.11 Å². The predicted molar refractivity (Wildman–Crippen MR) is 70.2 cm³/mol. The maximum Gasteiger partial charge on any atom is 0.340 e. The lowest BCUT2D eigenvalue weighted by molar-refractivity contribution is 0.0595. The lowest BCUT2D eigenvalue weighted by Crippen LogP contribution is -2.04. The van der Waals surface area contributed by atoms with Crippen LogP contribution in [0.25, 0.3) is 11.1 Å². The highest BCUT2D eigenvalue weighted by Gasteiger charge is 2.14. The van der Waals surface area contributed by atoms with Gasteiger partial charge in [-0.1, -0.05) is 12.1 Å². The molecule has 4 nitrogen and oxygen atoms in total. The summed E-state index contributed by atoms with van der Waals surface area (Å²) in [5.74, 6) is -1.64. The number of phenols is 1. The van der Waals surface area contributed by atoms with E-state index in [2.05, 4.69) is 4.74 Å². The monoisotopic (exact) mass is 274 g/mol. The molecule has 102 valence electrons. The number of aromatic hydroxyl groups is 1. The molecule has 0 aliphatic heterocycles. The predicted octanol–water partition coefficient (Wildman–Crippen LogP) is 2.80. The Hall–Kier alpha value is -2.69. The molecule has 0 bridgehead atoms. The van der Waals surface area contributed by atoms with Gasteiger partial charge < -0.3 is 9.84 Å². The summed E-state index contributed by atoms with van der Waals surface area (Å²) in [6, 6.07) is 8.36. The van der Waals surface area contributed by atoms with Gasteiger partial charge in [0.25, 0.3) is 0 Å². The molecule has 0 aliphatic carbocycles. The number of carbonyl (C=O) groups excluding carboxylic acids is 2. The van der Waals surface area contributed by atoms with Gasteiger partial charge in [-0.15, -0.1) is 0 Å². The minimum absolute atomic E-state index is 0.157. The first-order valence-corrected chi connectivity index (χ1v) is 5.73. The van der Waals surface area contributed by atoms with E-state index in [1.54, 1.807) is 6.07 Å². The van der Waals surface area contributed by atoms with E-state index in [0.29, 0.717) is 17.4 Å². The molecule has 2 aromatic rings. The third-order valence-corrected chi connectivity index (χ3v) is 2.86. The van der Waals surface area contributed by atoms with E-state index < -0.39 is 11.8 Å². The fourth-order valence-corrected chi connectivity index (χ4v) is 1.79. The maximum atomic E-state index is 13.5. The molecule has 0 saturated heterocycles. The summed E-state index contributed by atoms with van der Waals surface area (Å²) in [6.45, 7) is 0. The van der Waals surface area contributed by atoms with Gasteiger partial charge in [-0.05, 0) is 35.4 Å². The van der Waals surface area contributed by atoms with Crippen molar-refractivity contribution >= 4 is 12.3 Å². The van der Waals surface area contributed by atoms with Crippen LogP contribution in [0.2, 0.25) is 0 Å². The fourth-order valence-electron chi connectivity index (χ4n) is 1.79. The molecule has 0 atom stereocenters. The third-order valence-electron chi connectivity index (χ3n) is 2.86. The molecule has 0 heterocycles. The Labute approximate surface area is 114 Å². The summed E-state index contributed by atoms with van der Waals surface area (Å²) in [4.78, 5) is 22.1.